The van der Waals surface area contributed by atoms with Crippen LogP contribution in [0.1, 0.15) is 24.0 Å². The van der Waals surface area contributed by atoms with Crippen molar-refractivity contribution in [2.45, 2.75) is 25.8 Å². The van der Waals surface area contributed by atoms with Gasteiger partial charge in [-0.1, -0.05) is 23.8 Å². The van der Waals surface area contributed by atoms with E-state index in [1.807, 2.05) is 25.1 Å². The lowest BCUT2D eigenvalue weighted by Crippen LogP contribution is -2.42. The summed E-state index contributed by atoms with van der Waals surface area (Å²) < 4.78 is 0. The first-order valence-electron chi connectivity index (χ1n) is 6.00. The quantitative estimate of drug-likeness (QED) is 0.720. The number of hydrogen-bond acceptors (Lipinski definition) is 3. The van der Waals surface area contributed by atoms with E-state index in [0.717, 1.165) is 23.2 Å². The van der Waals surface area contributed by atoms with Crippen molar-refractivity contribution >= 4 is 28.8 Å². The van der Waals surface area contributed by atoms with Gasteiger partial charge in [-0.25, -0.2) is 0 Å². The molecule has 1 aliphatic heterocycles. The minimum Gasteiger partial charge on any atom is -0.389 e. The van der Waals surface area contributed by atoms with Gasteiger partial charge in [-0.15, -0.1) is 0 Å². The number of thiocarbonyl (C=S) groups is 1. The lowest BCUT2D eigenvalue weighted by Gasteiger charge is -2.25. The van der Waals surface area contributed by atoms with Gasteiger partial charge in [0, 0.05) is 30.3 Å². The van der Waals surface area contributed by atoms with Gasteiger partial charge in [0.15, 0.2) is 0 Å². The first kappa shape index (κ1) is 12.8. The van der Waals surface area contributed by atoms with Crippen LogP contribution in [0.5, 0.6) is 0 Å². The molecule has 0 aliphatic carbocycles. The summed E-state index contributed by atoms with van der Waals surface area (Å²) in [7, 11) is 0. The fraction of sp³-hybridized carbons (Fsp3) is 0.385. The third-order valence-electron chi connectivity index (χ3n) is 3.07. The Hall–Kier alpha value is -1.62. The molecule has 18 heavy (non-hydrogen) atoms. The molecular weight excluding hydrogens is 246 g/mol. The number of carbonyl (C=O) groups is 1. The molecule has 0 bridgehead atoms. The van der Waals surface area contributed by atoms with E-state index in [9.17, 15) is 4.79 Å². The number of amides is 1. The molecular formula is C13H17N3OS. The molecule has 1 aliphatic rings. The molecule has 1 atom stereocenters. The Kier molecular flexibility index (Phi) is 3.81. The van der Waals surface area contributed by atoms with Gasteiger partial charge in [-0.3, -0.25) is 4.79 Å². The molecule has 0 radical (unpaired) electrons. The molecule has 1 aromatic carbocycles. The van der Waals surface area contributed by atoms with Gasteiger partial charge in [0.2, 0.25) is 5.91 Å². The first-order valence-corrected chi connectivity index (χ1v) is 6.41. The molecule has 1 fully saturated rings. The highest BCUT2D eigenvalue weighted by Crippen LogP contribution is 2.20. The monoisotopic (exact) mass is 263 g/mol. The Morgan fingerprint density at radius 1 is 1.56 bits per heavy atom. The average molecular weight is 263 g/mol. The predicted octanol–water partition coefficient (Wildman–Crippen LogP) is 1.32. The number of aryl methyl sites for hydroxylation is 1. The van der Waals surface area contributed by atoms with Gasteiger partial charge in [-0.2, -0.15) is 0 Å². The van der Waals surface area contributed by atoms with Crippen LogP contribution in [0.25, 0.3) is 0 Å². The molecule has 2 rings (SSSR count). The second-order valence-electron chi connectivity index (χ2n) is 4.60. The zero-order valence-corrected chi connectivity index (χ0v) is 11.1. The fourth-order valence-corrected chi connectivity index (χ4v) is 2.23. The summed E-state index contributed by atoms with van der Waals surface area (Å²) in [6.07, 6.45) is 1.39. The van der Waals surface area contributed by atoms with E-state index >= 15 is 0 Å². The Morgan fingerprint density at radius 2 is 2.33 bits per heavy atom. The van der Waals surface area contributed by atoms with Crippen LogP contribution in [-0.2, 0) is 4.79 Å². The minimum atomic E-state index is 0.117. The molecule has 1 heterocycles. The number of nitrogens with two attached hydrogens (primary N) is 1. The maximum Gasteiger partial charge on any atom is 0.220 e. The molecule has 1 unspecified atom stereocenters. The molecule has 0 saturated carbocycles. The van der Waals surface area contributed by atoms with Crippen molar-refractivity contribution in [2.24, 2.45) is 5.73 Å². The molecule has 0 spiro atoms. The molecule has 0 aromatic heterocycles. The van der Waals surface area contributed by atoms with Crippen LogP contribution in [0, 0.1) is 6.92 Å². The highest BCUT2D eigenvalue weighted by molar-refractivity contribution is 7.80. The predicted molar refractivity (Wildman–Crippen MR) is 76.7 cm³/mol. The summed E-state index contributed by atoms with van der Waals surface area (Å²) in [5.74, 6) is 0.117. The van der Waals surface area contributed by atoms with E-state index < -0.39 is 0 Å². The summed E-state index contributed by atoms with van der Waals surface area (Å²) in [6, 6.07) is 6.22. The highest BCUT2D eigenvalue weighted by atomic mass is 32.1. The maximum atomic E-state index is 11.1. The van der Waals surface area contributed by atoms with Crippen molar-refractivity contribution in [3.8, 4) is 0 Å². The molecule has 1 saturated heterocycles. The van der Waals surface area contributed by atoms with E-state index in [1.54, 1.807) is 0 Å². The third-order valence-corrected chi connectivity index (χ3v) is 3.29. The molecule has 4 nitrogen and oxygen atoms in total. The van der Waals surface area contributed by atoms with Crippen molar-refractivity contribution in [3.63, 3.8) is 0 Å². The second kappa shape index (κ2) is 5.35. The lowest BCUT2D eigenvalue weighted by molar-refractivity contribution is -0.122. The largest absolute Gasteiger partial charge is 0.389 e. The Bertz CT molecular complexity index is 477. The van der Waals surface area contributed by atoms with Crippen LogP contribution < -0.4 is 16.4 Å². The smallest absolute Gasteiger partial charge is 0.220 e. The zero-order chi connectivity index (χ0) is 13.1. The standard InChI is InChI=1S/C13H17N3OS/c1-8-2-4-11(10(6-8)13(14)18)16-9-3-5-12(17)15-7-9/h2,4,6,9,16H,3,5,7H2,1H3,(H2,14,18)(H,15,17). The number of nitrogens with one attached hydrogen (secondary N) is 2. The van der Waals surface area contributed by atoms with Crippen LogP contribution in [0.3, 0.4) is 0 Å². The fourth-order valence-electron chi connectivity index (χ4n) is 2.06. The van der Waals surface area contributed by atoms with Crippen molar-refractivity contribution in [1.29, 1.82) is 0 Å². The molecule has 1 aromatic rings. The van der Waals surface area contributed by atoms with Crippen LogP contribution >= 0.6 is 12.2 Å². The van der Waals surface area contributed by atoms with E-state index in [1.165, 1.54) is 0 Å². The SMILES string of the molecule is Cc1ccc(NC2CCC(=O)NC2)c(C(N)=S)c1. The summed E-state index contributed by atoms with van der Waals surface area (Å²) in [5, 5.41) is 6.24. The Balaban J connectivity index is 2.13. The number of piperidine rings is 1. The normalized spacial score (nSPS) is 19.2. The van der Waals surface area contributed by atoms with Crippen LogP contribution in [-0.4, -0.2) is 23.5 Å². The molecule has 5 heteroatoms. The van der Waals surface area contributed by atoms with Crippen LogP contribution in [0.4, 0.5) is 5.69 Å². The van der Waals surface area contributed by atoms with E-state index in [4.69, 9.17) is 18.0 Å². The van der Waals surface area contributed by atoms with E-state index in [-0.39, 0.29) is 11.9 Å². The maximum absolute atomic E-state index is 11.1. The van der Waals surface area contributed by atoms with Crippen LogP contribution in [0.2, 0.25) is 0 Å². The summed E-state index contributed by atoms with van der Waals surface area (Å²) in [5.41, 5.74) is 8.66. The third kappa shape index (κ3) is 2.98. The van der Waals surface area contributed by atoms with Gasteiger partial charge in [-0.05, 0) is 25.5 Å². The highest BCUT2D eigenvalue weighted by Gasteiger charge is 2.18. The zero-order valence-electron chi connectivity index (χ0n) is 10.3. The first-order chi connectivity index (χ1) is 8.56. The molecule has 4 N–H and O–H groups in total. The van der Waals surface area contributed by atoms with Crippen molar-refractivity contribution in [3.05, 3.63) is 29.3 Å². The summed E-state index contributed by atoms with van der Waals surface area (Å²) in [6.45, 7) is 2.65. The van der Waals surface area contributed by atoms with Gasteiger partial charge in [0.05, 0.1) is 0 Å². The second-order valence-corrected chi connectivity index (χ2v) is 5.04. The number of rotatable bonds is 3. The average Bonchev–Trinajstić information content (AvgIpc) is 2.34. The van der Waals surface area contributed by atoms with Gasteiger partial charge < -0.3 is 16.4 Å². The number of anilines is 1. The Labute approximate surface area is 112 Å². The van der Waals surface area contributed by atoms with Gasteiger partial charge >= 0.3 is 0 Å². The van der Waals surface area contributed by atoms with Gasteiger partial charge in [0.1, 0.15) is 4.99 Å². The topological polar surface area (TPSA) is 67.2 Å². The number of benzene rings is 1. The molecule has 1 amide bonds. The van der Waals surface area contributed by atoms with Crippen molar-refractivity contribution in [2.75, 3.05) is 11.9 Å². The molecule has 96 valence electrons. The van der Waals surface area contributed by atoms with E-state index in [2.05, 4.69) is 10.6 Å². The van der Waals surface area contributed by atoms with Gasteiger partial charge in [0.25, 0.3) is 0 Å². The van der Waals surface area contributed by atoms with Crippen LogP contribution in [0.15, 0.2) is 18.2 Å². The van der Waals surface area contributed by atoms with E-state index in [0.29, 0.717) is 18.0 Å². The van der Waals surface area contributed by atoms with Crippen molar-refractivity contribution < 1.29 is 4.79 Å². The minimum absolute atomic E-state index is 0.117. The van der Waals surface area contributed by atoms with Crippen molar-refractivity contribution in [1.82, 2.24) is 5.32 Å². The Morgan fingerprint density at radius 3 is 2.94 bits per heavy atom. The number of hydrogen-bond donors (Lipinski definition) is 3. The number of carbonyl (C=O) groups excluding carboxylic acids is 1. The lowest BCUT2D eigenvalue weighted by atomic mass is 10.0. The summed E-state index contributed by atoms with van der Waals surface area (Å²) >= 11 is 5.06. The summed E-state index contributed by atoms with van der Waals surface area (Å²) in [4.78, 5) is 11.5.